The van der Waals surface area contributed by atoms with Crippen LogP contribution >= 0.6 is 0 Å². The van der Waals surface area contributed by atoms with Gasteiger partial charge >= 0.3 is 0 Å². The quantitative estimate of drug-likeness (QED) is 0.746. The van der Waals surface area contributed by atoms with Crippen molar-refractivity contribution in [2.45, 2.75) is 39.0 Å². The predicted molar refractivity (Wildman–Crippen MR) is 78.7 cm³/mol. The molecule has 2 nitrogen and oxygen atoms in total. The molecule has 18 heavy (non-hydrogen) atoms. The van der Waals surface area contributed by atoms with Crippen LogP contribution in [0.25, 0.3) is 0 Å². The SMILES string of the molecule is CCN(CCC(C)c1ccc(N)cc1)CC1CC1. The topological polar surface area (TPSA) is 29.3 Å². The Labute approximate surface area is 111 Å². The highest BCUT2D eigenvalue weighted by Crippen LogP contribution is 2.30. The van der Waals surface area contributed by atoms with Gasteiger partial charge in [0.2, 0.25) is 0 Å². The second-order valence-electron chi connectivity index (χ2n) is 5.69. The van der Waals surface area contributed by atoms with Gasteiger partial charge in [0.05, 0.1) is 0 Å². The molecule has 1 atom stereocenters. The van der Waals surface area contributed by atoms with E-state index in [0.717, 1.165) is 11.6 Å². The van der Waals surface area contributed by atoms with Crippen molar-refractivity contribution in [3.63, 3.8) is 0 Å². The molecule has 1 aliphatic carbocycles. The summed E-state index contributed by atoms with van der Waals surface area (Å²) in [4.78, 5) is 2.60. The molecule has 0 saturated heterocycles. The first-order chi connectivity index (χ1) is 8.69. The van der Waals surface area contributed by atoms with Crippen LogP contribution in [0.2, 0.25) is 0 Å². The summed E-state index contributed by atoms with van der Waals surface area (Å²) in [6.45, 7) is 8.31. The fourth-order valence-corrected chi connectivity index (χ4v) is 2.41. The van der Waals surface area contributed by atoms with E-state index >= 15 is 0 Å². The van der Waals surface area contributed by atoms with Crippen LogP contribution in [0.1, 0.15) is 44.6 Å². The Bertz CT molecular complexity index is 354. The van der Waals surface area contributed by atoms with Crippen molar-refractivity contribution >= 4 is 5.69 Å². The number of nitrogen functional groups attached to an aromatic ring is 1. The molecule has 0 aliphatic heterocycles. The normalized spacial score (nSPS) is 17.1. The summed E-state index contributed by atoms with van der Waals surface area (Å²) in [6, 6.07) is 8.34. The molecule has 0 amide bonds. The Morgan fingerprint density at radius 2 is 1.94 bits per heavy atom. The fraction of sp³-hybridized carbons (Fsp3) is 0.625. The van der Waals surface area contributed by atoms with Gasteiger partial charge in [-0.25, -0.2) is 0 Å². The first kappa shape index (κ1) is 13.4. The summed E-state index contributed by atoms with van der Waals surface area (Å²) in [7, 11) is 0. The molecule has 1 aliphatic rings. The van der Waals surface area contributed by atoms with Crippen LogP contribution in [0.4, 0.5) is 5.69 Å². The van der Waals surface area contributed by atoms with Crippen LogP contribution in [0, 0.1) is 5.92 Å². The van der Waals surface area contributed by atoms with E-state index in [1.807, 2.05) is 12.1 Å². The Kier molecular flexibility index (Phi) is 4.65. The summed E-state index contributed by atoms with van der Waals surface area (Å²) < 4.78 is 0. The molecule has 1 fully saturated rings. The van der Waals surface area contributed by atoms with Crippen molar-refractivity contribution in [2.24, 2.45) is 5.92 Å². The maximum Gasteiger partial charge on any atom is 0.0314 e. The second kappa shape index (κ2) is 6.24. The predicted octanol–water partition coefficient (Wildman–Crippen LogP) is 3.49. The van der Waals surface area contributed by atoms with E-state index in [-0.39, 0.29) is 0 Å². The average molecular weight is 246 g/mol. The summed E-state index contributed by atoms with van der Waals surface area (Å²) >= 11 is 0. The van der Waals surface area contributed by atoms with Crippen LogP contribution in [-0.2, 0) is 0 Å². The number of hydrogen-bond donors (Lipinski definition) is 1. The van der Waals surface area contributed by atoms with Crippen molar-refractivity contribution in [1.29, 1.82) is 0 Å². The Hall–Kier alpha value is -1.02. The first-order valence-electron chi connectivity index (χ1n) is 7.26. The molecule has 2 N–H and O–H groups in total. The van der Waals surface area contributed by atoms with Crippen molar-refractivity contribution < 1.29 is 0 Å². The zero-order valence-corrected chi connectivity index (χ0v) is 11.7. The van der Waals surface area contributed by atoms with Gasteiger partial charge in [0.15, 0.2) is 0 Å². The minimum Gasteiger partial charge on any atom is -0.399 e. The number of nitrogens with two attached hydrogens (primary N) is 1. The van der Waals surface area contributed by atoms with Gasteiger partial charge < -0.3 is 10.6 Å². The molecule has 2 rings (SSSR count). The van der Waals surface area contributed by atoms with Gasteiger partial charge in [0.1, 0.15) is 0 Å². The molecule has 0 heterocycles. The standard InChI is InChI=1S/C16H26N2/c1-3-18(12-14-4-5-14)11-10-13(2)15-6-8-16(17)9-7-15/h6-9,13-14H,3-5,10-12,17H2,1-2H3. The third-order valence-corrected chi connectivity index (χ3v) is 4.04. The number of anilines is 1. The van der Waals surface area contributed by atoms with Crippen LogP contribution in [0.5, 0.6) is 0 Å². The van der Waals surface area contributed by atoms with Crippen LogP contribution < -0.4 is 5.73 Å². The number of nitrogens with zero attached hydrogens (tertiary/aromatic N) is 1. The highest BCUT2D eigenvalue weighted by Gasteiger charge is 2.23. The van der Waals surface area contributed by atoms with Crippen LogP contribution in [0.3, 0.4) is 0 Å². The van der Waals surface area contributed by atoms with Gasteiger partial charge in [-0.05, 0) is 61.9 Å². The average Bonchev–Trinajstić information content (AvgIpc) is 3.18. The minimum atomic E-state index is 0.624. The lowest BCUT2D eigenvalue weighted by Crippen LogP contribution is -2.27. The highest BCUT2D eigenvalue weighted by atomic mass is 15.1. The monoisotopic (exact) mass is 246 g/mol. The van der Waals surface area contributed by atoms with E-state index in [9.17, 15) is 0 Å². The molecule has 2 heteroatoms. The summed E-state index contributed by atoms with van der Waals surface area (Å²) in [5.74, 6) is 1.62. The Balaban J connectivity index is 1.78. The zero-order chi connectivity index (χ0) is 13.0. The third-order valence-electron chi connectivity index (χ3n) is 4.04. The Morgan fingerprint density at radius 3 is 2.50 bits per heavy atom. The minimum absolute atomic E-state index is 0.624. The van der Waals surface area contributed by atoms with Gasteiger partial charge in [-0.3, -0.25) is 0 Å². The molecule has 1 aromatic rings. The van der Waals surface area contributed by atoms with Gasteiger partial charge in [0, 0.05) is 12.2 Å². The molecule has 1 unspecified atom stereocenters. The molecule has 1 aromatic carbocycles. The second-order valence-corrected chi connectivity index (χ2v) is 5.69. The zero-order valence-electron chi connectivity index (χ0n) is 11.7. The van der Waals surface area contributed by atoms with E-state index in [4.69, 9.17) is 5.73 Å². The smallest absolute Gasteiger partial charge is 0.0314 e. The van der Waals surface area contributed by atoms with E-state index in [0.29, 0.717) is 5.92 Å². The highest BCUT2D eigenvalue weighted by molar-refractivity contribution is 5.40. The molecular weight excluding hydrogens is 220 g/mol. The van der Waals surface area contributed by atoms with Crippen LogP contribution in [-0.4, -0.2) is 24.5 Å². The van der Waals surface area contributed by atoms with E-state index in [1.54, 1.807) is 0 Å². The molecular formula is C16H26N2. The third kappa shape index (κ3) is 4.02. The van der Waals surface area contributed by atoms with Gasteiger partial charge in [-0.1, -0.05) is 26.0 Å². The van der Waals surface area contributed by atoms with Crippen molar-refractivity contribution in [3.05, 3.63) is 29.8 Å². The molecule has 0 aromatic heterocycles. The van der Waals surface area contributed by atoms with Gasteiger partial charge in [0.25, 0.3) is 0 Å². The fourth-order valence-electron chi connectivity index (χ4n) is 2.41. The first-order valence-corrected chi connectivity index (χ1v) is 7.26. The lowest BCUT2D eigenvalue weighted by atomic mass is 9.97. The van der Waals surface area contributed by atoms with Crippen molar-refractivity contribution in [2.75, 3.05) is 25.4 Å². The van der Waals surface area contributed by atoms with Crippen LogP contribution in [0.15, 0.2) is 24.3 Å². The maximum absolute atomic E-state index is 5.72. The molecule has 0 spiro atoms. The molecule has 1 saturated carbocycles. The van der Waals surface area contributed by atoms with Gasteiger partial charge in [-0.15, -0.1) is 0 Å². The van der Waals surface area contributed by atoms with E-state index in [2.05, 4.69) is 30.9 Å². The summed E-state index contributed by atoms with van der Waals surface area (Å²) in [6.07, 6.45) is 4.14. The number of hydrogen-bond acceptors (Lipinski definition) is 2. The Morgan fingerprint density at radius 1 is 1.28 bits per heavy atom. The largest absolute Gasteiger partial charge is 0.399 e. The lowest BCUT2D eigenvalue weighted by molar-refractivity contribution is 0.267. The molecule has 0 radical (unpaired) electrons. The summed E-state index contributed by atoms with van der Waals surface area (Å²) in [5, 5.41) is 0. The summed E-state index contributed by atoms with van der Waals surface area (Å²) in [5.41, 5.74) is 7.99. The van der Waals surface area contributed by atoms with Crippen molar-refractivity contribution in [1.82, 2.24) is 4.90 Å². The van der Waals surface area contributed by atoms with Gasteiger partial charge in [-0.2, -0.15) is 0 Å². The van der Waals surface area contributed by atoms with Crippen molar-refractivity contribution in [3.8, 4) is 0 Å². The number of rotatable bonds is 7. The maximum atomic E-state index is 5.72. The molecule has 100 valence electrons. The number of benzene rings is 1. The molecule has 0 bridgehead atoms. The lowest BCUT2D eigenvalue weighted by Gasteiger charge is -2.22. The van der Waals surface area contributed by atoms with E-state index < -0.39 is 0 Å². The van der Waals surface area contributed by atoms with E-state index in [1.165, 1.54) is 44.5 Å².